The maximum atomic E-state index is 12.6. The van der Waals surface area contributed by atoms with E-state index in [4.69, 9.17) is 5.26 Å². The molecule has 23 heavy (non-hydrogen) atoms. The molecular formula is C17H19N5O. The highest BCUT2D eigenvalue weighted by Crippen LogP contribution is 2.30. The van der Waals surface area contributed by atoms with Gasteiger partial charge in [0.15, 0.2) is 0 Å². The lowest BCUT2D eigenvalue weighted by Crippen LogP contribution is -2.44. The standard InChI is InChI=1S/C17H19N5O/c18-9-13-4-3-5-14(8-13)10-19-17(23)22-7-2-1-6-16(22)15-11-20-21-12-15/h3-5,8,11-12,16H,1-2,6-7,10H2,(H,19,23)(H,20,21)/t16-/m0/s1. The molecule has 2 heterocycles. The van der Waals surface area contributed by atoms with Crippen LogP contribution < -0.4 is 5.32 Å². The average molecular weight is 309 g/mol. The summed E-state index contributed by atoms with van der Waals surface area (Å²) in [6.45, 7) is 1.17. The van der Waals surface area contributed by atoms with E-state index in [-0.39, 0.29) is 12.1 Å². The molecule has 0 aliphatic carbocycles. The summed E-state index contributed by atoms with van der Waals surface area (Å²) in [6.07, 6.45) is 6.73. The molecule has 1 saturated heterocycles. The van der Waals surface area contributed by atoms with Crippen molar-refractivity contribution in [3.63, 3.8) is 0 Å². The first-order chi connectivity index (χ1) is 11.3. The van der Waals surface area contributed by atoms with Gasteiger partial charge in [-0.3, -0.25) is 5.10 Å². The zero-order chi connectivity index (χ0) is 16.1. The summed E-state index contributed by atoms with van der Waals surface area (Å²) in [5.74, 6) is 0. The molecule has 0 radical (unpaired) electrons. The summed E-state index contributed by atoms with van der Waals surface area (Å²) in [5, 5.41) is 18.7. The van der Waals surface area contributed by atoms with E-state index < -0.39 is 0 Å². The molecule has 1 atom stereocenters. The number of nitriles is 1. The number of H-pyrrole nitrogens is 1. The third-order valence-electron chi connectivity index (χ3n) is 4.17. The van der Waals surface area contributed by atoms with Gasteiger partial charge in [0.1, 0.15) is 0 Å². The topological polar surface area (TPSA) is 84.8 Å². The molecule has 118 valence electrons. The van der Waals surface area contributed by atoms with Crippen molar-refractivity contribution in [2.24, 2.45) is 0 Å². The predicted molar refractivity (Wildman–Crippen MR) is 85.3 cm³/mol. The van der Waals surface area contributed by atoms with Crippen LogP contribution in [0.5, 0.6) is 0 Å². The van der Waals surface area contributed by atoms with Crippen LogP contribution in [-0.2, 0) is 6.54 Å². The number of carbonyl (C=O) groups excluding carboxylic acids is 1. The van der Waals surface area contributed by atoms with E-state index in [1.165, 1.54) is 0 Å². The van der Waals surface area contributed by atoms with Crippen LogP contribution in [0.15, 0.2) is 36.7 Å². The Labute approximate surface area is 135 Å². The fraction of sp³-hybridized carbons (Fsp3) is 0.353. The van der Waals surface area contributed by atoms with Gasteiger partial charge < -0.3 is 10.2 Å². The first-order valence-corrected chi connectivity index (χ1v) is 7.80. The summed E-state index contributed by atoms with van der Waals surface area (Å²) in [7, 11) is 0. The lowest BCUT2D eigenvalue weighted by atomic mass is 9.98. The van der Waals surface area contributed by atoms with E-state index in [1.807, 2.05) is 23.2 Å². The van der Waals surface area contributed by atoms with Gasteiger partial charge in [-0.05, 0) is 37.0 Å². The van der Waals surface area contributed by atoms with Crippen molar-refractivity contribution in [3.8, 4) is 6.07 Å². The van der Waals surface area contributed by atoms with Crippen molar-refractivity contribution in [1.29, 1.82) is 5.26 Å². The second kappa shape index (κ2) is 6.97. The molecule has 2 amide bonds. The maximum Gasteiger partial charge on any atom is 0.318 e. The number of nitrogens with zero attached hydrogens (tertiary/aromatic N) is 3. The van der Waals surface area contributed by atoms with Crippen LogP contribution in [-0.4, -0.2) is 27.7 Å². The molecule has 1 fully saturated rings. The Morgan fingerprint density at radius 1 is 1.48 bits per heavy atom. The number of aromatic nitrogens is 2. The molecular weight excluding hydrogens is 290 g/mol. The molecule has 6 nitrogen and oxygen atoms in total. The maximum absolute atomic E-state index is 12.6. The Morgan fingerprint density at radius 3 is 3.17 bits per heavy atom. The smallest absolute Gasteiger partial charge is 0.318 e. The van der Waals surface area contributed by atoms with E-state index in [0.717, 1.165) is 36.9 Å². The monoisotopic (exact) mass is 309 g/mol. The van der Waals surface area contributed by atoms with Crippen LogP contribution in [0.2, 0.25) is 0 Å². The largest absolute Gasteiger partial charge is 0.334 e. The van der Waals surface area contributed by atoms with Crippen molar-refractivity contribution < 1.29 is 4.79 Å². The van der Waals surface area contributed by atoms with Gasteiger partial charge >= 0.3 is 6.03 Å². The van der Waals surface area contributed by atoms with Gasteiger partial charge in [-0.2, -0.15) is 10.4 Å². The van der Waals surface area contributed by atoms with E-state index in [9.17, 15) is 4.79 Å². The summed E-state index contributed by atoms with van der Waals surface area (Å²) in [6, 6.07) is 9.40. The zero-order valence-corrected chi connectivity index (χ0v) is 12.8. The van der Waals surface area contributed by atoms with Crippen molar-refractivity contribution >= 4 is 6.03 Å². The Balaban J connectivity index is 1.65. The molecule has 6 heteroatoms. The molecule has 3 rings (SSSR count). The van der Waals surface area contributed by atoms with Gasteiger partial charge in [0, 0.05) is 24.8 Å². The number of aromatic amines is 1. The Hall–Kier alpha value is -2.81. The highest BCUT2D eigenvalue weighted by atomic mass is 16.2. The van der Waals surface area contributed by atoms with Crippen molar-refractivity contribution in [2.75, 3.05) is 6.54 Å². The highest BCUT2D eigenvalue weighted by Gasteiger charge is 2.28. The van der Waals surface area contributed by atoms with Gasteiger partial charge in [-0.1, -0.05) is 12.1 Å². The number of carbonyl (C=O) groups is 1. The summed E-state index contributed by atoms with van der Waals surface area (Å²) < 4.78 is 0. The second-order valence-corrected chi connectivity index (χ2v) is 5.71. The predicted octanol–water partition coefficient (Wildman–Crippen LogP) is 2.72. The van der Waals surface area contributed by atoms with Gasteiger partial charge in [0.05, 0.1) is 23.9 Å². The molecule has 1 aromatic carbocycles. The first kappa shape index (κ1) is 15.1. The fourth-order valence-electron chi connectivity index (χ4n) is 2.99. The number of likely N-dealkylation sites (tertiary alicyclic amines) is 1. The zero-order valence-electron chi connectivity index (χ0n) is 12.8. The number of amides is 2. The number of piperidine rings is 1. The Bertz CT molecular complexity index is 704. The van der Waals surface area contributed by atoms with Gasteiger partial charge in [0.2, 0.25) is 0 Å². The Kier molecular flexibility index (Phi) is 4.57. The van der Waals surface area contributed by atoms with Crippen LogP contribution in [0.25, 0.3) is 0 Å². The van der Waals surface area contributed by atoms with Crippen LogP contribution in [0.3, 0.4) is 0 Å². The van der Waals surface area contributed by atoms with Gasteiger partial charge in [0.25, 0.3) is 0 Å². The van der Waals surface area contributed by atoms with E-state index >= 15 is 0 Å². The van der Waals surface area contributed by atoms with Gasteiger partial charge in [-0.15, -0.1) is 0 Å². The number of benzene rings is 1. The van der Waals surface area contributed by atoms with Crippen molar-refractivity contribution in [1.82, 2.24) is 20.4 Å². The number of nitrogens with one attached hydrogen (secondary N) is 2. The molecule has 1 aliphatic heterocycles. The summed E-state index contributed by atoms with van der Waals surface area (Å²) in [5.41, 5.74) is 2.58. The Morgan fingerprint density at radius 2 is 2.39 bits per heavy atom. The minimum Gasteiger partial charge on any atom is -0.334 e. The minimum absolute atomic E-state index is 0.0711. The van der Waals surface area contributed by atoms with E-state index in [0.29, 0.717) is 12.1 Å². The lowest BCUT2D eigenvalue weighted by molar-refractivity contribution is 0.151. The molecule has 1 aromatic heterocycles. The molecule has 2 aromatic rings. The summed E-state index contributed by atoms with van der Waals surface area (Å²) >= 11 is 0. The van der Waals surface area contributed by atoms with Crippen LogP contribution in [0, 0.1) is 11.3 Å². The molecule has 0 unspecified atom stereocenters. The van der Waals surface area contributed by atoms with Crippen LogP contribution in [0.1, 0.15) is 42.0 Å². The number of hydrogen-bond donors (Lipinski definition) is 2. The van der Waals surface area contributed by atoms with Gasteiger partial charge in [-0.25, -0.2) is 4.79 Å². The second-order valence-electron chi connectivity index (χ2n) is 5.71. The molecule has 1 aliphatic rings. The van der Waals surface area contributed by atoms with E-state index in [2.05, 4.69) is 21.6 Å². The molecule has 0 spiro atoms. The number of rotatable bonds is 3. The SMILES string of the molecule is N#Cc1cccc(CNC(=O)N2CCCC[C@H]2c2cn[nH]c2)c1. The quantitative estimate of drug-likeness (QED) is 0.914. The average Bonchev–Trinajstić information content (AvgIpc) is 3.14. The minimum atomic E-state index is -0.0711. The summed E-state index contributed by atoms with van der Waals surface area (Å²) in [4.78, 5) is 14.4. The van der Waals surface area contributed by atoms with Crippen LogP contribution >= 0.6 is 0 Å². The number of hydrogen-bond acceptors (Lipinski definition) is 3. The van der Waals surface area contributed by atoms with Crippen LogP contribution in [0.4, 0.5) is 4.79 Å². The van der Waals surface area contributed by atoms with Crippen molar-refractivity contribution in [3.05, 3.63) is 53.3 Å². The fourth-order valence-corrected chi connectivity index (χ4v) is 2.99. The third kappa shape index (κ3) is 3.51. The van der Waals surface area contributed by atoms with E-state index in [1.54, 1.807) is 18.3 Å². The lowest BCUT2D eigenvalue weighted by Gasteiger charge is -2.35. The highest BCUT2D eigenvalue weighted by molar-refractivity contribution is 5.74. The first-order valence-electron chi connectivity index (χ1n) is 7.80. The molecule has 0 bridgehead atoms. The molecule has 0 saturated carbocycles. The third-order valence-corrected chi connectivity index (χ3v) is 4.17. The normalized spacial score (nSPS) is 17.5. The molecule has 2 N–H and O–H groups in total. The van der Waals surface area contributed by atoms with Crippen molar-refractivity contribution in [2.45, 2.75) is 31.8 Å². The number of urea groups is 1.